The Balaban J connectivity index is 1.19. The Kier molecular flexibility index (Phi) is 7.50. The van der Waals surface area contributed by atoms with Crippen LogP contribution in [0.25, 0.3) is 0 Å². The van der Waals surface area contributed by atoms with Gasteiger partial charge in [-0.1, -0.05) is 23.4 Å². The smallest absolute Gasteiger partial charge is 0.137 e. The topological polar surface area (TPSA) is 112 Å². The first kappa shape index (κ1) is 25.6. The summed E-state index contributed by atoms with van der Waals surface area (Å²) in [5.74, 6) is -1.49. The molecule has 1 aliphatic rings. The third kappa shape index (κ3) is 6.08. The predicted molar refractivity (Wildman–Crippen MR) is 132 cm³/mol. The van der Waals surface area contributed by atoms with Crippen molar-refractivity contribution in [2.75, 3.05) is 32.7 Å². The van der Waals surface area contributed by atoms with Crippen molar-refractivity contribution in [3.8, 4) is 6.07 Å². The highest BCUT2D eigenvalue weighted by atomic mass is 19.1. The molecule has 0 amide bonds. The molecule has 0 bridgehead atoms. The number of hydrogen-bond donors (Lipinski definition) is 1. The molecule has 0 radical (unpaired) electrons. The zero-order valence-corrected chi connectivity index (χ0v) is 20.7. The summed E-state index contributed by atoms with van der Waals surface area (Å²) in [5, 5.41) is 33.1. The van der Waals surface area contributed by atoms with Gasteiger partial charge in [-0.15, -0.1) is 5.10 Å². The number of hydrogen-bond acceptors (Lipinski definition) is 8. The van der Waals surface area contributed by atoms with Gasteiger partial charge in [0.1, 0.15) is 29.9 Å². The van der Waals surface area contributed by atoms with Gasteiger partial charge in [-0.2, -0.15) is 10.4 Å². The third-order valence-corrected chi connectivity index (χ3v) is 6.67. The van der Waals surface area contributed by atoms with Crippen molar-refractivity contribution in [3.63, 3.8) is 0 Å². The standard InChI is InChI=1S/C26H27F2N9O/c27-22-5-6-24(25(28)11-22)26(38,17-37-19-30-18-31-37)16-35-9-7-34(8-10-35)14-23-15-36(33-32-23)13-21-3-1-20(12-29)2-4-21/h1-6,11,15,18-19,38H,7-10,13-14,16-17H2. The van der Waals surface area contributed by atoms with Gasteiger partial charge in [-0.05, 0) is 23.8 Å². The van der Waals surface area contributed by atoms with Crippen molar-refractivity contribution in [2.45, 2.75) is 25.2 Å². The van der Waals surface area contributed by atoms with Gasteiger partial charge in [0.15, 0.2) is 0 Å². The van der Waals surface area contributed by atoms with Crippen LogP contribution in [0, 0.1) is 23.0 Å². The molecule has 196 valence electrons. The summed E-state index contributed by atoms with van der Waals surface area (Å²) < 4.78 is 31.5. The maximum atomic E-state index is 14.7. The minimum atomic E-state index is -1.62. The molecule has 0 spiro atoms. The fourth-order valence-electron chi connectivity index (χ4n) is 4.73. The zero-order chi connectivity index (χ0) is 26.5. The average Bonchev–Trinajstić information content (AvgIpc) is 3.57. The number of aromatic nitrogens is 6. The molecule has 0 aliphatic carbocycles. The molecule has 1 saturated heterocycles. The number of nitrogens with zero attached hydrogens (tertiary/aromatic N) is 9. The minimum absolute atomic E-state index is 0.0158. The van der Waals surface area contributed by atoms with E-state index in [1.165, 1.54) is 23.4 Å². The lowest BCUT2D eigenvalue weighted by Gasteiger charge is -2.39. The summed E-state index contributed by atoms with van der Waals surface area (Å²) in [7, 11) is 0. The maximum absolute atomic E-state index is 14.7. The Bertz CT molecular complexity index is 1390. The van der Waals surface area contributed by atoms with Gasteiger partial charge in [-0.25, -0.2) is 23.1 Å². The van der Waals surface area contributed by atoms with Crippen LogP contribution in [0.4, 0.5) is 8.78 Å². The van der Waals surface area contributed by atoms with Crippen molar-refractivity contribution < 1.29 is 13.9 Å². The average molecular weight is 520 g/mol. The van der Waals surface area contributed by atoms with Crippen LogP contribution in [0.15, 0.2) is 61.3 Å². The normalized spacial score (nSPS) is 16.3. The van der Waals surface area contributed by atoms with Gasteiger partial charge in [0.25, 0.3) is 0 Å². The molecule has 4 aromatic rings. The zero-order valence-electron chi connectivity index (χ0n) is 20.7. The van der Waals surface area contributed by atoms with E-state index in [1.807, 2.05) is 18.3 Å². The number of nitriles is 1. The molecular weight excluding hydrogens is 492 g/mol. The molecule has 2 aromatic carbocycles. The van der Waals surface area contributed by atoms with E-state index in [4.69, 9.17) is 5.26 Å². The Morgan fingerprint density at radius 3 is 2.39 bits per heavy atom. The van der Waals surface area contributed by atoms with Gasteiger partial charge >= 0.3 is 0 Å². The second kappa shape index (κ2) is 11.1. The number of rotatable bonds is 9. The molecule has 0 saturated carbocycles. The first-order valence-electron chi connectivity index (χ1n) is 12.2. The Morgan fingerprint density at radius 1 is 0.947 bits per heavy atom. The van der Waals surface area contributed by atoms with Crippen LogP contribution in [0.2, 0.25) is 0 Å². The second-order valence-electron chi connectivity index (χ2n) is 9.52. The van der Waals surface area contributed by atoms with Crippen LogP contribution < -0.4 is 0 Å². The number of aliphatic hydroxyl groups is 1. The lowest BCUT2D eigenvalue weighted by Crippen LogP contribution is -2.52. The summed E-state index contributed by atoms with van der Waals surface area (Å²) in [6.45, 7) is 4.11. The predicted octanol–water partition coefficient (Wildman–Crippen LogP) is 1.77. The molecule has 38 heavy (non-hydrogen) atoms. The molecule has 1 N–H and O–H groups in total. The van der Waals surface area contributed by atoms with E-state index in [2.05, 4.69) is 36.3 Å². The number of piperazine rings is 1. The van der Waals surface area contributed by atoms with Gasteiger partial charge in [0.2, 0.25) is 0 Å². The lowest BCUT2D eigenvalue weighted by atomic mass is 9.92. The molecule has 1 atom stereocenters. The minimum Gasteiger partial charge on any atom is -0.382 e. The van der Waals surface area contributed by atoms with Crippen molar-refractivity contribution >= 4 is 0 Å². The van der Waals surface area contributed by atoms with Crippen molar-refractivity contribution in [3.05, 3.63) is 95.3 Å². The lowest BCUT2D eigenvalue weighted by molar-refractivity contribution is -0.0324. The van der Waals surface area contributed by atoms with E-state index < -0.39 is 17.2 Å². The summed E-state index contributed by atoms with van der Waals surface area (Å²) in [4.78, 5) is 8.23. The summed E-state index contributed by atoms with van der Waals surface area (Å²) in [6.07, 6.45) is 4.72. The fraction of sp³-hybridized carbons (Fsp3) is 0.346. The van der Waals surface area contributed by atoms with Crippen LogP contribution >= 0.6 is 0 Å². The first-order valence-corrected chi connectivity index (χ1v) is 12.2. The van der Waals surface area contributed by atoms with Crippen LogP contribution in [-0.4, -0.2) is 77.4 Å². The van der Waals surface area contributed by atoms with Gasteiger partial charge in [-0.3, -0.25) is 9.80 Å². The van der Waals surface area contributed by atoms with E-state index in [9.17, 15) is 13.9 Å². The molecule has 10 nitrogen and oxygen atoms in total. The molecule has 1 aliphatic heterocycles. The van der Waals surface area contributed by atoms with E-state index in [0.29, 0.717) is 31.7 Å². The largest absolute Gasteiger partial charge is 0.382 e. The van der Waals surface area contributed by atoms with E-state index >= 15 is 0 Å². The van der Waals surface area contributed by atoms with Crippen LogP contribution in [0.5, 0.6) is 0 Å². The van der Waals surface area contributed by atoms with Crippen LogP contribution in [0.1, 0.15) is 22.4 Å². The molecule has 3 heterocycles. The Hall–Kier alpha value is -4.05. The summed E-state index contributed by atoms with van der Waals surface area (Å²) in [5.41, 5.74) is 0.901. The fourth-order valence-corrected chi connectivity index (χ4v) is 4.73. The number of halogens is 2. The van der Waals surface area contributed by atoms with Crippen LogP contribution in [0.3, 0.4) is 0 Å². The van der Waals surface area contributed by atoms with Crippen molar-refractivity contribution in [1.29, 1.82) is 5.26 Å². The van der Waals surface area contributed by atoms with Gasteiger partial charge in [0.05, 0.1) is 36.6 Å². The molecule has 12 heteroatoms. The van der Waals surface area contributed by atoms with E-state index in [0.717, 1.165) is 36.5 Å². The molecule has 5 rings (SSSR count). The Morgan fingerprint density at radius 2 is 1.71 bits per heavy atom. The SMILES string of the molecule is N#Cc1ccc(Cn2cc(CN3CCN(CC(O)(Cn4cncn4)c4ccc(F)cc4F)CC3)nn2)cc1. The van der Waals surface area contributed by atoms with E-state index in [1.54, 1.807) is 16.8 Å². The highest BCUT2D eigenvalue weighted by molar-refractivity contribution is 5.31. The maximum Gasteiger partial charge on any atom is 0.137 e. The monoisotopic (exact) mass is 519 g/mol. The van der Waals surface area contributed by atoms with Gasteiger partial charge in [0, 0.05) is 50.9 Å². The highest BCUT2D eigenvalue weighted by Crippen LogP contribution is 2.28. The quantitative estimate of drug-likeness (QED) is 0.356. The van der Waals surface area contributed by atoms with Crippen LogP contribution in [-0.2, 0) is 25.2 Å². The third-order valence-electron chi connectivity index (χ3n) is 6.67. The molecule has 1 unspecified atom stereocenters. The van der Waals surface area contributed by atoms with Gasteiger partial charge < -0.3 is 5.11 Å². The highest BCUT2D eigenvalue weighted by Gasteiger charge is 2.36. The van der Waals surface area contributed by atoms with Crippen molar-refractivity contribution in [1.82, 2.24) is 39.6 Å². The summed E-state index contributed by atoms with van der Waals surface area (Å²) >= 11 is 0. The first-order chi connectivity index (χ1) is 18.4. The number of β-amino-alcohol motifs (C(OH)–C–C–N with tert-alkyl or cyclic N) is 1. The van der Waals surface area contributed by atoms with Crippen molar-refractivity contribution in [2.24, 2.45) is 0 Å². The summed E-state index contributed by atoms with van der Waals surface area (Å²) in [6, 6.07) is 12.7. The molecular formula is C26H27F2N9O. The number of benzene rings is 2. The molecule has 2 aromatic heterocycles. The second-order valence-corrected chi connectivity index (χ2v) is 9.52. The Labute approximate surface area is 218 Å². The van der Waals surface area contributed by atoms with E-state index in [-0.39, 0.29) is 18.7 Å². The molecule has 1 fully saturated rings.